The topological polar surface area (TPSA) is 331 Å². The first-order valence-corrected chi connectivity index (χ1v) is 19.3. The van der Waals surface area contributed by atoms with Gasteiger partial charge in [0.25, 0.3) is 0 Å². The van der Waals surface area contributed by atoms with Crippen LogP contribution < -0.4 is 14.2 Å². The average molecular weight is 867 g/mol. The molecular formula is C45H38O18. The standard InChI is InChI=1S/C45H38O18/c46-18-10-27(54)33-32(11-18)61-42(16-2-5-21(48)25(52)8-16)39(59)37(33)35-29(56)14-30(57)36-38(40(60)43(63-45(35)36)17-3-6-22(49)26(53)9-17)34-28(55)13-23(50)19-12-31(58)41(62-44(19)34)15-1-4-20(47)24(51)7-15/h1-11,13-14,31,37-43,46-60H,12H2/t31-,37-,38+,39+,40+,41+,42+,43+/m0/s1. The van der Waals surface area contributed by atoms with Gasteiger partial charge in [0.15, 0.2) is 46.7 Å². The quantitative estimate of drug-likeness (QED) is 0.106. The summed E-state index contributed by atoms with van der Waals surface area (Å²) in [4.78, 5) is 0. The predicted molar refractivity (Wildman–Crippen MR) is 214 cm³/mol. The fourth-order valence-corrected chi connectivity index (χ4v) is 8.94. The molecule has 15 N–H and O–H groups in total. The Kier molecular flexibility index (Phi) is 9.46. The van der Waals surface area contributed by atoms with Crippen LogP contribution in [0.2, 0.25) is 0 Å². The molecule has 6 aromatic rings. The van der Waals surface area contributed by atoms with E-state index in [9.17, 15) is 76.6 Å². The average Bonchev–Trinajstić information content (AvgIpc) is 3.22. The second-order valence-corrected chi connectivity index (χ2v) is 15.7. The van der Waals surface area contributed by atoms with Crippen molar-refractivity contribution in [1.29, 1.82) is 0 Å². The van der Waals surface area contributed by atoms with Gasteiger partial charge in [0.2, 0.25) is 0 Å². The van der Waals surface area contributed by atoms with Crippen molar-refractivity contribution in [1.82, 2.24) is 0 Å². The SMILES string of the molecule is Oc1cc(O)c2c(c1)O[C@H](c1ccc(O)c(O)c1)[C@H](O)[C@@H]2c1c(O)cc(O)c2c1O[C@H](c1ccc(O)c(O)c1)[C@H](O)[C@@H]2c1c(O)cc(O)c2c1O[C@H](c1ccc(O)c(O)c1)[C@@H](O)C2. The van der Waals surface area contributed by atoms with Crippen molar-refractivity contribution in [2.45, 2.75) is 54.9 Å². The molecule has 0 saturated heterocycles. The minimum absolute atomic E-state index is 0.0127. The van der Waals surface area contributed by atoms with Crippen molar-refractivity contribution in [3.8, 4) is 86.2 Å². The molecule has 3 heterocycles. The summed E-state index contributed by atoms with van der Waals surface area (Å²) < 4.78 is 18.9. The third kappa shape index (κ3) is 6.46. The Morgan fingerprint density at radius 3 is 1.29 bits per heavy atom. The zero-order chi connectivity index (χ0) is 44.9. The molecule has 18 heteroatoms. The number of hydrogen-bond donors (Lipinski definition) is 15. The van der Waals surface area contributed by atoms with E-state index in [1.807, 2.05) is 0 Å². The zero-order valence-corrected chi connectivity index (χ0v) is 32.3. The maximum atomic E-state index is 12.5. The zero-order valence-electron chi connectivity index (χ0n) is 32.3. The van der Waals surface area contributed by atoms with Crippen LogP contribution in [0.25, 0.3) is 0 Å². The van der Waals surface area contributed by atoms with Crippen molar-refractivity contribution in [3.05, 3.63) is 123 Å². The van der Waals surface area contributed by atoms with Crippen molar-refractivity contribution in [3.63, 3.8) is 0 Å². The number of phenolic OH excluding ortho intramolecular Hbond substituents is 12. The van der Waals surface area contributed by atoms with Gasteiger partial charge < -0.3 is 90.8 Å². The lowest BCUT2D eigenvalue weighted by Gasteiger charge is -2.43. The number of ether oxygens (including phenoxy) is 3. The number of rotatable bonds is 5. The summed E-state index contributed by atoms with van der Waals surface area (Å²) in [5, 5.41) is 166. The van der Waals surface area contributed by atoms with Crippen LogP contribution in [0.15, 0.2) is 78.9 Å². The van der Waals surface area contributed by atoms with Crippen molar-refractivity contribution in [2.75, 3.05) is 0 Å². The van der Waals surface area contributed by atoms with Gasteiger partial charge in [-0.1, -0.05) is 18.2 Å². The number of benzene rings is 6. The Balaban J connectivity index is 1.31. The molecule has 0 spiro atoms. The van der Waals surface area contributed by atoms with Crippen LogP contribution in [0.1, 0.15) is 74.7 Å². The molecule has 0 bridgehead atoms. The first-order valence-electron chi connectivity index (χ1n) is 19.3. The third-order valence-electron chi connectivity index (χ3n) is 11.8. The highest BCUT2D eigenvalue weighted by molar-refractivity contribution is 5.70. The maximum Gasteiger partial charge on any atom is 0.157 e. The molecule has 0 radical (unpaired) electrons. The van der Waals surface area contributed by atoms with E-state index in [4.69, 9.17) is 14.2 Å². The molecule has 0 amide bonds. The van der Waals surface area contributed by atoms with Gasteiger partial charge in [-0.05, 0) is 53.1 Å². The smallest absolute Gasteiger partial charge is 0.157 e. The molecular weight excluding hydrogens is 828 g/mol. The van der Waals surface area contributed by atoms with Gasteiger partial charge in [-0.3, -0.25) is 0 Å². The summed E-state index contributed by atoms with van der Waals surface area (Å²) in [6, 6.07) is 14.4. The molecule has 0 unspecified atom stereocenters. The second kappa shape index (κ2) is 14.7. The minimum atomic E-state index is -1.90. The number of aromatic hydroxyl groups is 12. The Bertz CT molecular complexity index is 2840. The van der Waals surface area contributed by atoms with E-state index < -0.39 is 123 Å². The lowest BCUT2D eigenvalue weighted by molar-refractivity contribution is -0.00562. The van der Waals surface area contributed by atoms with Crippen molar-refractivity contribution in [2.24, 2.45) is 0 Å². The first kappa shape index (κ1) is 40.6. The van der Waals surface area contributed by atoms with Crippen LogP contribution in [0.4, 0.5) is 0 Å². The van der Waals surface area contributed by atoms with Crippen molar-refractivity contribution < 1.29 is 90.8 Å². The Morgan fingerprint density at radius 1 is 0.365 bits per heavy atom. The number of fused-ring (bicyclic) bond motifs is 3. The van der Waals surface area contributed by atoms with Gasteiger partial charge in [-0.15, -0.1) is 0 Å². The van der Waals surface area contributed by atoms with Crippen LogP contribution in [0.5, 0.6) is 86.2 Å². The molecule has 18 nitrogen and oxygen atoms in total. The Labute approximate surface area is 354 Å². The molecule has 9 rings (SSSR count). The monoisotopic (exact) mass is 866 g/mol. The van der Waals surface area contributed by atoms with Crippen LogP contribution >= 0.6 is 0 Å². The molecule has 3 aliphatic heterocycles. The van der Waals surface area contributed by atoms with E-state index in [0.717, 1.165) is 60.7 Å². The van der Waals surface area contributed by atoms with Crippen LogP contribution in [-0.2, 0) is 6.42 Å². The summed E-state index contributed by atoms with van der Waals surface area (Å²) in [6.45, 7) is 0. The number of hydrogen-bond acceptors (Lipinski definition) is 18. The number of phenols is 12. The minimum Gasteiger partial charge on any atom is -0.508 e. The lowest BCUT2D eigenvalue weighted by Crippen LogP contribution is -2.39. The molecule has 0 aromatic heterocycles. The van der Waals surface area contributed by atoms with Gasteiger partial charge in [0.1, 0.15) is 70.1 Å². The largest absolute Gasteiger partial charge is 0.508 e. The predicted octanol–water partition coefficient (Wildman–Crippen LogP) is 4.44. The van der Waals surface area contributed by atoms with Gasteiger partial charge in [0, 0.05) is 58.5 Å². The van der Waals surface area contributed by atoms with Crippen molar-refractivity contribution >= 4 is 0 Å². The highest BCUT2D eigenvalue weighted by Gasteiger charge is 2.51. The number of aliphatic hydroxyl groups excluding tert-OH is 3. The van der Waals surface area contributed by atoms with Crippen LogP contribution in [-0.4, -0.2) is 94.9 Å². The molecule has 3 aliphatic rings. The summed E-state index contributed by atoms with van der Waals surface area (Å²) in [6.07, 6.45) is -9.93. The molecule has 0 saturated carbocycles. The first-order chi connectivity index (χ1) is 29.9. The Hall–Kier alpha value is -7.80. The maximum absolute atomic E-state index is 12.5. The van der Waals surface area contributed by atoms with Crippen LogP contribution in [0.3, 0.4) is 0 Å². The van der Waals surface area contributed by atoms with E-state index in [0.29, 0.717) is 0 Å². The summed E-state index contributed by atoms with van der Waals surface area (Å²) in [5.74, 6) is -11.5. The summed E-state index contributed by atoms with van der Waals surface area (Å²) in [5.41, 5.74) is -1.10. The third-order valence-corrected chi connectivity index (χ3v) is 11.8. The van der Waals surface area contributed by atoms with Crippen LogP contribution in [0, 0.1) is 0 Å². The van der Waals surface area contributed by atoms with E-state index in [1.165, 1.54) is 18.2 Å². The normalized spacial score (nSPS) is 23.6. The van der Waals surface area contributed by atoms with E-state index in [2.05, 4.69) is 0 Å². The van der Waals surface area contributed by atoms with Gasteiger partial charge in [0.05, 0.1) is 17.9 Å². The number of aliphatic hydroxyl groups is 3. The van der Waals surface area contributed by atoms with E-state index in [-0.39, 0.29) is 62.4 Å². The highest BCUT2D eigenvalue weighted by atomic mass is 16.5. The Morgan fingerprint density at radius 2 is 0.778 bits per heavy atom. The second-order valence-electron chi connectivity index (χ2n) is 15.7. The molecule has 6 aromatic carbocycles. The molecule has 63 heavy (non-hydrogen) atoms. The fraction of sp³-hybridized carbons (Fsp3) is 0.200. The van der Waals surface area contributed by atoms with Gasteiger partial charge in [-0.2, -0.15) is 0 Å². The molecule has 0 fully saturated rings. The molecule has 0 aliphatic carbocycles. The van der Waals surface area contributed by atoms with Gasteiger partial charge >= 0.3 is 0 Å². The fourth-order valence-electron chi connectivity index (χ4n) is 8.94. The van der Waals surface area contributed by atoms with Gasteiger partial charge in [-0.25, -0.2) is 0 Å². The lowest BCUT2D eigenvalue weighted by atomic mass is 9.73. The summed E-state index contributed by atoms with van der Waals surface area (Å²) in [7, 11) is 0. The molecule has 326 valence electrons. The summed E-state index contributed by atoms with van der Waals surface area (Å²) >= 11 is 0. The molecule has 8 atom stereocenters. The van der Waals surface area contributed by atoms with E-state index in [1.54, 1.807) is 0 Å². The highest BCUT2D eigenvalue weighted by Crippen LogP contribution is 2.62. The van der Waals surface area contributed by atoms with E-state index >= 15 is 0 Å².